The summed E-state index contributed by atoms with van der Waals surface area (Å²) >= 11 is 0. The molecule has 2 heterocycles. The molecule has 5 aromatic carbocycles. The van der Waals surface area contributed by atoms with Gasteiger partial charge in [0, 0.05) is 68.0 Å². The highest BCUT2D eigenvalue weighted by Crippen LogP contribution is 2.42. The number of halogens is 2. The van der Waals surface area contributed by atoms with Crippen LogP contribution in [-0.4, -0.2) is 21.2 Å². The van der Waals surface area contributed by atoms with Crippen LogP contribution in [0.15, 0.2) is 217 Å². The summed E-state index contributed by atoms with van der Waals surface area (Å²) in [6, 6.07) is 41.9. The van der Waals surface area contributed by atoms with Gasteiger partial charge in [-0.15, -0.1) is 0 Å². The molecule has 5 aliphatic carbocycles. The predicted octanol–water partition coefficient (Wildman–Crippen LogP) is 15.4. The Bertz CT molecular complexity index is 3340. The molecule has 0 radical (unpaired) electrons. The Morgan fingerprint density at radius 3 is 1.92 bits per heavy atom. The summed E-state index contributed by atoms with van der Waals surface area (Å²) in [5.41, 5.74) is 15.5. The molecule has 0 fully saturated rings. The molecule has 5 aliphatic rings. The lowest BCUT2D eigenvalue weighted by Gasteiger charge is -2.37. The molecular weight excluding hydrogens is 815 g/mol. The van der Waals surface area contributed by atoms with Gasteiger partial charge in [-0.05, 0) is 147 Å². The lowest BCUT2D eigenvalue weighted by molar-refractivity contribution is 0.586. The molecular formula is C60H50F2N4. The molecule has 6 heteroatoms. The minimum Gasteiger partial charge on any atom is -0.338 e. The second-order valence-electron chi connectivity index (χ2n) is 18.0. The van der Waals surface area contributed by atoms with E-state index >= 15 is 0 Å². The first kappa shape index (κ1) is 40.1. The first-order valence-corrected chi connectivity index (χ1v) is 23.5. The lowest BCUT2D eigenvalue weighted by Crippen LogP contribution is -2.35. The summed E-state index contributed by atoms with van der Waals surface area (Å²) in [5.74, 6) is -0.283. The van der Waals surface area contributed by atoms with Crippen LogP contribution in [0.2, 0.25) is 0 Å². The average Bonchev–Trinajstić information content (AvgIpc) is 3.88. The van der Waals surface area contributed by atoms with E-state index in [1.54, 1.807) is 6.08 Å². The van der Waals surface area contributed by atoms with Crippen LogP contribution in [-0.2, 0) is 6.42 Å². The second kappa shape index (κ2) is 16.8. The van der Waals surface area contributed by atoms with Crippen LogP contribution >= 0.6 is 0 Å². The molecule has 7 aromatic rings. The van der Waals surface area contributed by atoms with Gasteiger partial charge >= 0.3 is 0 Å². The van der Waals surface area contributed by atoms with Gasteiger partial charge in [0.25, 0.3) is 0 Å². The topological polar surface area (TPSA) is 16.3 Å². The zero-order valence-corrected chi connectivity index (χ0v) is 36.8. The summed E-state index contributed by atoms with van der Waals surface area (Å²) in [6.07, 6.45) is 34.1. The summed E-state index contributed by atoms with van der Waals surface area (Å²) in [6.45, 7) is 0. The van der Waals surface area contributed by atoms with Crippen molar-refractivity contribution in [3.05, 3.63) is 234 Å². The van der Waals surface area contributed by atoms with Crippen molar-refractivity contribution in [3.63, 3.8) is 0 Å². The molecule has 4 nitrogen and oxygen atoms in total. The molecule has 66 heavy (non-hydrogen) atoms. The maximum Gasteiger partial charge on any atom is 0.123 e. The van der Waals surface area contributed by atoms with Crippen molar-refractivity contribution in [2.75, 3.05) is 9.80 Å². The molecule has 12 rings (SSSR count). The van der Waals surface area contributed by atoms with Crippen LogP contribution < -0.4 is 9.80 Å². The predicted molar refractivity (Wildman–Crippen MR) is 271 cm³/mol. The van der Waals surface area contributed by atoms with E-state index in [1.165, 1.54) is 73.3 Å². The number of allylic oxidation sites excluding steroid dienone is 12. The van der Waals surface area contributed by atoms with Gasteiger partial charge in [-0.3, -0.25) is 0 Å². The number of fused-ring (bicyclic) bond motifs is 6. The van der Waals surface area contributed by atoms with Gasteiger partial charge in [-0.25, -0.2) is 8.78 Å². The summed E-state index contributed by atoms with van der Waals surface area (Å²) in [7, 11) is 0. The molecule has 0 saturated heterocycles. The molecule has 0 bridgehead atoms. The van der Waals surface area contributed by atoms with E-state index in [9.17, 15) is 8.78 Å². The standard InChI is InChI=1S/C60H50F2N4/c61-43-23-31-49(32-24-43)65-57-17-9-7-15-53(57)55-39-51(35-37-59(55)65)63(45-11-3-1-4-12-45)47-27-19-41(20-28-47)42-21-29-48(30-22-42)64(46-13-5-2-6-14-46)52-36-38-60-56(40-52)54-16-8-10-18-58(54)66(60)50-33-25-44(62)26-34-50/h1,3-5,7-23,25-27,29,31,33-34,36,38-40,47-48H,2,6,24,28,30,32,35,37H2. The number of aromatic nitrogens is 2. The molecule has 2 unspecified atom stereocenters. The van der Waals surface area contributed by atoms with Crippen LogP contribution in [0.4, 0.5) is 20.2 Å². The van der Waals surface area contributed by atoms with Gasteiger partial charge in [-0.1, -0.05) is 103 Å². The number of nitrogens with zero attached hydrogens (tertiary/aromatic N) is 4. The fourth-order valence-electron chi connectivity index (χ4n) is 11.0. The molecule has 0 amide bonds. The monoisotopic (exact) mass is 864 g/mol. The van der Waals surface area contributed by atoms with Gasteiger partial charge in [0.2, 0.25) is 0 Å². The van der Waals surface area contributed by atoms with Crippen molar-refractivity contribution >= 4 is 55.9 Å². The Labute approximate surface area is 384 Å². The van der Waals surface area contributed by atoms with Crippen molar-refractivity contribution in [1.82, 2.24) is 9.13 Å². The minimum atomic E-state index is -0.237. The van der Waals surface area contributed by atoms with E-state index in [2.05, 4.69) is 177 Å². The smallest absolute Gasteiger partial charge is 0.123 e. The number of rotatable bonds is 9. The van der Waals surface area contributed by atoms with E-state index in [0.29, 0.717) is 12.8 Å². The number of para-hydroxylation sites is 3. The first-order valence-electron chi connectivity index (χ1n) is 23.5. The Morgan fingerprint density at radius 2 is 1.23 bits per heavy atom. The molecule has 0 N–H and O–H groups in total. The van der Waals surface area contributed by atoms with Crippen molar-refractivity contribution in [3.8, 4) is 5.69 Å². The van der Waals surface area contributed by atoms with Crippen LogP contribution in [0.5, 0.6) is 0 Å². The summed E-state index contributed by atoms with van der Waals surface area (Å²) in [4.78, 5) is 5.06. The maximum atomic E-state index is 14.1. The van der Waals surface area contributed by atoms with Crippen molar-refractivity contribution in [2.24, 2.45) is 0 Å². The lowest BCUT2D eigenvalue weighted by atomic mass is 9.90. The van der Waals surface area contributed by atoms with Gasteiger partial charge in [0.1, 0.15) is 11.6 Å². The number of anilines is 2. The molecule has 324 valence electrons. The Kier molecular flexibility index (Phi) is 10.2. The third-order valence-corrected chi connectivity index (χ3v) is 14.1. The van der Waals surface area contributed by atoms with Crippen LogP contribution in [0.1, 0.15) is 56.2 Å². The van der Waals surface area contributed by atoms with E-state index in [-0.39, 0.29) is 23.7 Å². The third kappa shape index (κ3) is 7.12. The highest BCUT2D eigenvalue weighted by molar-refractivity contribution is 6.10. The fraction of sp³-hybridized carbons (Fsp3) is 0.167. The van der Waals surface area contributed by atoms with Crippen LogP contribution in [0, 0.1) is 5.82 Å². The third-order valence-electron chi connectivity index (χ3n) is 14.1. The van der Waals surface area contributed by atoms with Crippen molar-refractivity contribution in [1.29, 1.82) is 0 Å². The quantitative estimate of drug-likeness (QED) is 0.144. The summed E-state index contributed by atoms with van der Waals surface area (Å²) < 4.78 is 32.8. The zero-order valence-electron chi connectivity index (χ0n) is 36.8. The second-order valence-corrected chi connectivity index (χ2v) is 18.0. The highest BCUT2D eigenvalue weighted by Gasteiger charge is 2.29. The minimum absolute atomic E-state index is 0.0456. The van der Waals surface area contributed by atoms with Gasteiger partial charge < -0.3 is 18.9 Å². The van der Waals surface area contributed by atoms with Crippen molar-refractivity contribution < 1.29 is 8.78 Å². The number of benzene rings is 5. The van der Waals surface area contributed by atoms with Gasteiger partial charge in [0.05, 0.1) is 28.6 Å². The van der Waals surface area contributed by atoms with Gasteiger partial charge in [-0.2, -0.15) is 0 Å². The SMILES string of the molecule is FC1=CC=C(n2c3c(c4ccccc42)C=C(N(c2ccccc2)C2C=CC(C4=CCC(N(C5=CCCC=C5)c5ccc6c(c5)c5ccccc5n6-c5ccc(F)cc5)C=C4)=CC2)CC3)CC1. The largest absolute Gasteiger partial charge is 0.338 e. The summed E-state index contributed by atoms with van der Waals surface area (Å²) in [5, 5.41) is 3.59. The Hall–Kier alpha value is -7.44. The molecule has 2 aromatic heterocycles. The normalized spacial score (nSPS) is 19.2. The van der Waals surface area contributed by atoms with Crippen LogP contribution in [0.3, 0.4) is 0 Å². The Morgan fingerprint density at radius 1 is 0.530 bits per heavy atom. The van der Waals surface area contributed by atoms with E-state index in [1.807, 2.05) is 18.2 Å². The van der Waals surface area contributed by atoms with Gasteiger partial charge in [0.15, 0.2) is 0 Å². The maximum absolute atomic E-state index is 14.1. The molecule has 0 aliphatic heterocycles. The zero-order chi connectivity index (χ0) is 44.1. The molecule has 0 spiro atoms. The molecule has 2 atom stereocenters. The van der Waals surface area contributed by atoms with E-state index in [4.69, 9.17) is 0 Å². The Balaban J connectivity index is 0.830. The van der Waals surface area contributed by atoms with Crippen LogP contribution in [0.25, 0.3) is 50.2 Å². The first-order chi connectivity index (χ1) is 32.6. The van der Waals surface area contributed by atoms with E-state index < -0.39 is 0 Å². The number of hydrogen-bond acceptors (Lipinski definition) is 2. The average molecular weight is 865 g/mol. The highest BCUT2D eigenvalue weighted by atomic mass is 19.1. The number of hydrogen-bond donors (Lipinski definition) is 0. The van der Waals surface area contributed by atoms with Crippen molar-refractivity contribution in [2.45, 2.75) is 63.5 Å². The molecule has 0 saturated carbocycles. The fourth-order valence-corrected chi connectivity index (χ4v) is 11.0. The van der Waals surface area contributed by atoms with E-state index in [0.717, 1.165) is 66.6 Å².